The van der Waals surface area contributed by atoms with Crippen LogP contribution in [-0.2, 0) is 35.7 Å². The second kappa shape index (κ2) is 14.2. The molecular weight excluding hydrogens is 660 g/mol. The van der Waals surface area contributed by atoms with Gasteiger partial charge >= 0.3 is 6.03 Å². The number of amides is 5. The number of fused-ring (bicyclic) bond motifs is 1. The molecular formula is C36H56N6O7S. The summed E-state index contributed by atoms with van der Waals surface area (Å²) in [5.41, 5.74) is 4.57. The lowest BCUT2D eigenvalue weighted by atomic mass is 9.78. The highest BCUT2D eigenvalue weighted by Gasteiger charge is 2.70. The lowest BCUT2D eigenvalue weighted by Gasteiger charge is -2.39. The van der Waals surface area contributed by atoms with Crippen molar-refractivity contribution in [3.8, 4) is 0 Å². The van der Waals surface area contributed by atoms with E-state index in [1.165, 1.54) is 9.21 Å². The number of likely N-dealkylation sites (tertiary alicyclic amines) is 1. The van der Waals surface area contributed by atoms with Crippen molar-refractivity contribution < 1.29 is 32.4 Å². The van der Waals surface area contributed by atoms with Crippen LogP contribution in [0.15, 0.2) is 30.3 Å². The number of hydrogen-bond donors (Lipinski definition) is 4. The van der Waals surface area contributed by atoms with Crippen LogP contribution < -0.4 is 21.7 Å². The molecule has 0 aromatic heterocycles. The summed E-state index contributed by atoms with van der Waals surface area (Å²) in [6, 6.07) is 4.91. The minimum Gasteiger partial charge on any atom is -0.363 e. The van der Waals surface area contributed by atoms with E-state index in [2.05, 4.69) is 16.0 Å². The fourth-order valence-electron chi connectivity index (χ4n) is 7.37. The molecule has 5 N–H and O–H groups in total. The van der Waals surface area contributed by atoms with Gasteiger partial charge in [0.2, 0.25) is 27.6 Å². The van der Waals surface area contributed by atoms with Crippen molar-refractivity contribution >= 4 is 39.6 Å². The maximum Gasteiger partial charge on any atom is 0.315 e. The average Bonchev–Trinajstić information content (AvgIpc) is 3.28. The third-order valence-electron chi connectivity index (χ3n) is 11.0. The number of primary amides is 1. The molecule has 0 spiro atoms. The van der Waals surface area contributed by atoms with Gasteiger partial charge < -0.3 is 26.6 Å². The lowest BCUT2D eigenvalue weighted by molar-refractivity contribution is -0.145. The maximum atomic E-state index is 14.4. The maximum absolute atomic E-state index is 14.4. The fourth-order valence-corrected chi connectivity index (χ4v) is 8.17. The van der Waals surface area contributed by atoms with Crippen LogP contribution in [0, 0.1) is 34.0 Å². The minimum atomic E-state index is -3.66. The third-order valence-corrected chi connectivity index (χ3v) is 12.2. The number of nitrogens with zero attached hydrogens (tertiary/aromatic N) is 2. The van der Waals surface area contributed by atoms with Crippen molar-refractivity contribution in [1.29, 1.82) is 0 Å². The molecule has 1 heterocycles. The summed E-state index contributed by atoms with van der Waals surface area (Å²) < 4.78 is 27.0. The van der Waals surface area contributed by atoms with Gasteiger partial charge in [0, 0.05) is 25.7 Å². The molecule has 1 unspecified atom stereocenters. The zero-order valence-corrected chi connectivity index (χ0v) is 31.7. The van der Waals surface area contributed by atoms with Crippen LogP contribution >= 0.6 is 0 Å². The van der Waals surface area contributed by atoms with Gasteiger partial charge in [-0.3, -0.25) is 19.2 Å². The molecule has 14 heteroatoms. The molecule has 13 nitrogen and oxygen atoms in total. The second-order valence-electron chi connectivity index (χ2n) is 17.2. The molecule has 1 aliphatic heterocycles. The Balaban J connectivity index is 1.54. The number of sulfonamides is 1. The Morgan fingerprint density at radius 3 is 2.04 bits per heavy atom. The highest BCUT2D eigenvalue weighted by Crippen LogP contribution is 2.65. The zero-order valence-electron chi connectivity index (χ0n) is 30.9. The van der Waals surface area contributed by atoms with E-state index < -0.39 is 74.6 Å². The molecule has 1 aromatic rings. The topological polar surface area (TPSA) is 188 Å². The van der Waals surface area contributed by atoms with Crippen LogP contribution in [0.1, 0.15) is 80.2 Å². The summed E-state index contributed by atoms with van der Waals surface area (Å²) in [7, 11) is -3.66. The van der Waals surface area contributed by atoms with Gasteiger partial charge in [-0.15, -0.1) is 0 Å². The Labute approximate surface area is 296 Å². The normalized spacial score (nSPS) is 23.6. The minimum absolute atomic E-state index is 0.00221. The molecule has 50 heavy (non-hydrogen) atoms. The van der Waals surface area contributed by atoms with Crippen molar-refractivity contribution in [3.05, 3.63) is 35.9 Å². The van der Waals surface area contributed by atoms with Crippen molar-refractivity contribution in [2.24, 2.45) is 39.7 Å². The fraction of sp³-hybridized carbons (Fsp3) is 0.694. The molecule has 0 bridgehead atoms. The first-order valence-corrected chi connectivity index (χ1v) is 19.3. The summed E-state index contributed by atoms with van der Waals surface area (Å²) >= 11 is 0. The molecule has 3 fully saturated rings. The Hall–Kier alpha value is -3.52. The van der Waals surface area contributed by atoms with Crippen LogP contribution in [0.2, 0.25) is 0 Å². The first kappa shape index (κ1) is 39.3. The smallest absolute Gasteiger partial charge is 0.315 e. The van der Waals surface area contributed by atoms with Gasteiger partial charge in [-0.1, -0.05) is 92.1 Å². The Morgan fingerprint density at radius 2 is 1.56 bits per heavy atom. The predicted octanol–water partition coefficient (Wildman–Crippen LogP) is 2.40. The van der Waals surface area contributed by atoms with Crippen molar-refractivity contribution in [1.82, 2.24) is 25.2 Å². The Kier molecular flexibility index (Phi) is 11.2. The van der Waals surface area contributed by atoms with E-state index in [9.17, 15) is 32.4 Å². The molecule has 4 rings (SSSR count). The molecule has 2 aliphatic carbocycles. The Morgan fingerprint density at radius 1 is 0.960 bits per heavy atom. The number of nitrogens with two attached hydrogens (primary N) is 1. The van der Waals surface area contributed by atoms with E-state index in [0.29, 0.717) is 19.4 Å². The van der Waals surface area contributed by atoms with Gasteiger partial charge in [-0.05, 0) is 52.4 Å². The van der Waals surface area contributed by atoms with Crippen LogP contribution in [-0.4, -0.2) is 90.7 Å². The molecule has 1 saturated heterocycles. The first-order chi connectivity index (χ1) is 22.9. The molecule has 2 saturated carbocycles. The van der Waals surface area contributed by atoms with E-state index in [1.54, 1.807) is 0 Å². The van der Waals surface area contributed by atoms with Gasteiger partial charge in [0.1, 0.15) is 18.1 Å². The standard InChI is InChI=1S/C36H56N6O7S/c1-34(2,3)24(20-41(50(9,48)49)18-21-14-11-10-12-15-21)38-33(47)40-29(35(4,5)6)32(46)42-19-23-25(36(23,7)8)27(42)31(45)39-26(22-16-13-17-22)28(43)30(37)44/h10-12,14-15,22-27,29H,13,16-20H2,1-9H3,(H2,37,44)(H,39,45)(H2,38,40,47)/t23-,24+,25-,26?,27-,29+/m0/s1. The number of carbonyl (C=O) groups is 5. The van der Waals surface area contributed by atoms with Gasteiger partial charge in [0.05, 0.1) is 6.26 Å². The van der Waals surface area contributed by atoms with Crippen LogP contribution in [0.3, 0.4) is 0 Å². The predicted molar refractivity (Wildman–Crippen MR) is 190 cm³/mol. The van der Waals surface area contributed by atoms with E-state index in [0.717, 1.165) is 18.2 Å². The molecule has 278 valence electrons. The number of ketones is 1. The number of hydrogen-bond acceptors (Lipinski definition) is 7. The van der Waals surface area contributed by atoms with Crippen LogP contribution in [0.25, 0.3) is 0 Å². The average molecular weight is 717 g/mol. The van der Waals surface area contributed by atoms with Crippen molar-refractivity contribution in [2.75, 3.05) is 19.3 Å². The lowest BCUT2D eigenvalue weighted by Crippen LogP contribution is -2.63. The molecule has 6 atom stereocenters. The van der Waals surface area contributed by atoms with Gasteiger partial charge in [0.25, 0.3) is 5.91 Å². The highest BCUT2D eigenvalue weighted by atomic mass is 32.2. The number of benzene rings is 1. The number of carbonyl (C=O) groups excluding carboxylic acids is 5. The third kappa shape index (κ3) is 8.67. The summed E-state index contributed by atoms with van der Waals surface area (Å²) in [4.78, 5) is 68.2. The van der Waals surface area contributed by atoms with Gasteiger partial charge in [-0.25, -0.2) is 13.2 Å². The van der Waals surface area contributed by atoms with E-state index in [1.807, 2.05) is 85.7 Å². The molecule has 0 radical (unpaired) electrons. The van der Waals surface area contributed by atoms with Crippen molar-refractivity contribution in [2.45, 2.75) is 105 Å². The molecule has 1 aromatic carbocycles. The number of piperidine rings is 1. The van der Waals surface area contributed by atoms with E-state index in [4.69, 9.17) is 5.73 Å². The summed E-state index contributed by atoms with van der Waals surface area (Å²) in [5, 5.41) is 8.60. The van der Waals surface area contributed by atoms with Gasteiger partial charge in [0.15, 0.2) is 0 Å². The summed E-state index contributed by atoms with van der Waals surface area (Å²) in [5.74, 6) is -3.21. The number of nitrogens with one attached hydrogen (secondary N) is 3. The first-order valence-electron chi connectivity index (χ1n) is 17.4. The Bertz CT molecular complexity index is 1580. The molecule has 5 amide bonds. The quantitative estimate of drug-likeness (QED) is 0.226. The summed E-state index contributed by atoms with van der Waals surface area (Å²) in [6.45, 7) is 15.6. The number of urea groups is 1. The van der Waals surface area contributed by atoms with E-state index in [-0.39, 0.29) is 36.3 Å². The van der Waals surface area contributed by atoms with Crippen molar-refractivity contribution in [3.63, 3.8) is 0 Å². The zero-order chi connectivity index (χ0) is 37.6. The summed E-state index contributed by atoms with van der Waals surface area (Å²) in [6.07, 6.45) is 3.38. The SMILES string of the molecule is CC(C)(C)[C@H](NC(=O)N[C@H](CN(Cc1ccccc1)S(C)(=O)=O)C(C)(C)C)C(=O)N1C[C@H]2[C@@H]([C@H]1C(=O)NC(C(=O)C(N)=O)C1CCC1)C2(C)C. The number of rotatable bonds is 13. The van der Waals surface area contributed by atoms with Crippen LogP contribution in [0.5, 0.6) is 0 Å². The van der Waals surface area contributed by atoms with E-state index >= 15 is 0 Å². The van der Waals surface area contributed by atoms with Gasteiger partial charge in [-0.2, -0.15) is 4.31 Å². The van der Waals surface area contributed by atoms with Crippen LogP contribution in [0.4, 0.5) is 4.79 Å². The molecule has 3 aliphatic rings. The number of Topliss-reactive ketones (excluding diaryl/α,β-unsaturated/α-hetero) is 1. The monoisotopic (exact) mass is 716 g/mol. The largest absolute Gasteiger partial charge is 0.363 e. The second-order valence-corrected chi connectivity index (χ2v) is 19.2. The highest BCUT2D eigenvalue weighted by molar-refractivity contribution is 7.88.